The van der Waals surface area contributed by atoms with Gasteiger partial charge in [-0.25, -0.2) is 18.1 Å². The number of ether oxygens (including phenoxy) is 1. The van der Waals surface area contributed by atoms with Crippen molar-refractivity contribution in [3.8, 4) is 0 Å². The second-order valence-corrected chi connectivity index (χ2v) is 8.97. The number of hydroxylamine groups is 2. The Bertz CT molecular complexity index is 865. The van der Waals surface area contributed by atoms with Crippen LogP contribution in [0, 0.1) is 5.21 Å². The molecule has 0 radical (unpaired) electrons. The lowest BCUT2D eigenvalue weighted by molar-refractivity contribution is 0.00247. The minimum atomic E-state index is -3.56. The average Bonchev–Trinajstić information content (AvgIpc) is 3.28. The fourth-order valence-corrected chi connectivity index (χ4v) is 4.54. The number of sulfone groups is 1. The van der Waals surface area contributed by atoms with Gasteiger partial charge in [0.1, 0.15) is 6.67 Å². The summed E-state index contributed by atoms with van der Waals surface area (Å²) in [5, 5.41) is 20.6. The summed E-state index contributed by atoms with van der Waals surface area (Å²) in [7, 11) is -1.87. The van der Waals surface area contributed by atoms with Crippen molar-refractivity contribution in [1.29, 1.82) is 0 Å². The molecule has 2 atom stereocenters. The number of likely N-dealkylation sites (N-methyl/N-ethyl adjacent to an activating group) is 1. The van der Waals surface area contributed by atoms with Crippen LogP contribution in [0.3, 0.4) is 0 Å². The van der Waals surface area contributed by atoms with Crippen LogP contribution in [0.25, 0.3) is 0 Å². The van der Waals surface area contributed by atoms with Gasteiger partial charge in [-0.2, -0.15) is 0 Å². The molecule has 0 aliphatic carbocycles. The van der Waals surface area contributed by atoms with Crippen LogP contribution in [0.5, 0.6) is 0 Å². The number of carbonyl (C=O) groups excluding carboxylic acids is 1. The number of nitrogens with zero attached hydrogens (tertiary/aromatic N) is 4. The summed E-state index contributed by atoms with van der Waals surface area (Å²) in [4.78, 5) is 13.8. The van der Waals surface area contributed by atoms with Crippen LogP contribution in [0.15, 0.2) is 27.2 Å². The number of carbonyl (C=O) groups is 1. The lowest BCUT2D eigenvalue weighted by atomic mass is 10.4. The van der Waals surface area contributed by atoms with Crippen LogP contribution in [-0.2, 0) is 14.6 Å². The van der Waals surface area contributed by atoms with Crippen LogP contribution >= 0.6 is 11.3 Å². The molecule has 0 bridgehead atoms. The number of quaternary nitrogens is 1. The fraction of sp³-hybridized carbons (Fsp3) is 0.462. The molecular weight excluding hydrogens is 372 g/mol. The van der Waals surface area contributed by atoms with E-state index in [1.807, 2.05) is 0 Å². The Morgan fingerprint density at radius 2 is 2.32 bits per heavy atom. The van der Waals surface area contributed by atoms with Gasteiger partial charge < -0.3 is 14.4 Å². The Hall–Kier alpha value is -1.86. The highest BCUT2D eigenvalue weighted by Crippen LogP contribution is 2.35. The van der Waals surface area contributed by atoms with Gasteiger partial charge in [0.25, 0.3) is 6.23 Å². The Balaban J connectivity index is 1.88. The first-order valence-corrected chi connectivity index (χ1v) is 9.82. The molecule has 2 unspecified atom stereocenters. The van der Waals surface area contributed by atoms with Crippen LogP contribution in [-0.4, -0.2) is 61.7 Å². The normalized spacial score (nSPS) is 24.5. The van der Waals surface area contributed by atoms with Gasteiger partial charge in [0.15, 0.2) is 0 Å². The Morgan fingerprint density at radius 3 is 2.96 bits per heavy atom. The number of hydrogen-bond acceptors (Lipinski definition) is 10. The first-order valence-electron chi connectivity index (χ1n) is 7.35. The standard InChI is InChI=1S/C13H16N4O6S2/c1-3-25(20,21)13-15-14-12(24-13)17(19)8-16(2)7-10(17)23-11(18)9-5-4-6-22-9/h4-6,10H,3,7-8H2,1-2H3. The summed E-state index contributed by atoms with van der Waals surface area (Å²) in [6, 6.07) is 2.96. The number of hydrogen-bond donors (Lipinski definition) is 0. The molecule has 10 nitrogen and oxygen atoms in total. The van der Waals surface area contributed by atoms with E-state index in [1.165, 1.54) is 25.3 Å². The highest BCUT2D eigenvalue weighted by molar-refractivity contribution is 7.93. The van der Waals surface area contributed by atoms with Crippen LogP contribution in [0.1, 0.15) is 17.5 Å². The minimum absolute atomic E-state index is 0.0207. The average molecular weight is 388 g/mol. The second-order valence-electron chi connectivity index (χ2n) is 5.57. The number of aromatic nitrogens is 2. The Labute approximate surface area is 147 Å². The third kappa shape index (κ3) is 3.30. The maximum atomic E-state index is 13.3. The van der Waals surface area contributed by atoms with Gasteiger partial charge in [-0.05, 0) is 30.5 Å². The molecule has 1 fully saturated rings. The number of esters is 1. The molecule has 3 rings (SSSR count). The quantitative estimate of drug-likeness (QED) is 0.415. The first-order chi connectivity index (χ1) is 11.8. The van der Waals surface area contributed by atoms with Gasteiger partial charge in [0, 0.05) is 0 Å². The molecule has 12 heteroatoms. The molecule has 25 heavy (non-hydrogen) atoms. The molecule has 0 N–H and O–H groups in total. The monoisotopic (exact) mass is 388 g/mol. The van der Waals surface area contributed by atoms with E-state index in [1.54, 1.807) is 11.9 Å². The fourth-order valence-electron chi connectivity index (χ4n) is 2.39. The lowest BCUT2D eigenvalue weighted by Crippen LogP contribution is -2.50. The smallest absolute Gasteiger partial charge is 0.378 e. The predicted molar refractivity (Wildman–Crippen MR) is 88.2 cm³/mol. The van der Waals surface area contributed by atoms with Gasteiger partial charge in [-0.15, -0.1) is 5.10 Å². The first kappa shape index (κ1) is 17.9. The molecule has 2 aromatic heterocycles. The maximum absolute atomic E-state index is 13.3. The molecule has 0 spiro atoms. The zero-order valence-electron chi connectivity index (χ0n) is 13.5. The van der Waals surface area contributed by atoms with Crippen molar-refractivity contribution in [2.75, 3.05) is 26.0 Å². The maximum Gasteiger partial charge on any atom is 0.378 e. The van der Waals surface area contributed by atoms with Crippen molar-refractivity contribution in [2.24, 2.45) is 0 Å². The van der Waals surface area contributed by atoms with Crippen molar-refractivity contribution < 1.29 is 22.4 Å². The van der Waals surface area contributed by atoms with Gasteiger partial charge >= 0.3 is 11.1 Å². The molecule has 1 aliphatic rings. The van der Waals surface area contributed by atoms with E-state index in [2.05, 4.69) is 10.2 Å². The number of rotatable bonds is 5. The van der Waals surface area contributed by atoms with E-state index in [4.69, 9.17) is 9.15 Å². The van der Waals surface area contributed by atoms with E-state index >= 15 is 0 Å². The van der Waals surface area contributed by atoms with Crippen molar-refractivity contribution in [2.45, 2.75) is 17.5 Å². The summed E-state index contributed by atoms with van der Waals surface area (Å²) >= 11 is 0.699. The Kier molecular flexibility index (Phi) is 4.64. The molecule has 2 aromatic rings. The van der Waals surface area contributed by atoms with Crippen molar-refractivity contribution in [3.63, 3.8) is 0 Å². The van der Waals surface area contributed by atoms with E-state index in [9.17, 15) is 18.4 Å². The van der Waals surface area contributed by atoms with Crippen LogP contribution in [0.4, 0.5) is 5.13 Å². The van der Waals surface area contributed by atoms with Crippen molar-refractivity contribution in [1.82, 2.24) is 19.7 Å². The summed E-state index contributed by atoms with van der Waals surface area (Å²) in [6.45, 7) is 1.61. The highest BCUT2D eigenvalue weighted by atomic mass is 32.2. The van der Waals surface area contributed by atoms with Gasteiger partial charge in [0.2, 0.25) is 19.9 Å². The van der Waals surface area contributed by atoms with Gasteiger partial charge in [0.05, 0.1) is 18.6 Å². The minimum Gasteiger partial charge on any atom is -0.622 e. The summed E-state index contributed by atoms with van der Waals surface area (Å²) in [5.41, 5.74) is 0. The van der Waals surface area contributed by atoms with Gasteiger partial charge in [-0.3, -0.25) is 4.65 Å². The lowest BCUT2D eigenvalue weighted by Gasteiger charge is -2.37. The summed E-state index contributed by atoms with van der Waals surface area (Å²) < 4.78 is 32.7. The molecule has 0 aromatic carbocycles. The van der Waals surface area contributed by atoms with E-state index in [-0.39, 0.29) is 34.2 Å². The third-order valence-electron chi connectivity index (χ3n) is 3.72. The number of furan rings is 1. The van der Waals surface area contributed by atoms with Gasteiger partial charge in [-0.1, -0.05) is 12.0 Å². The SMILES string of the molecule is CCS(=O)(=O)c1nnc([N+]2([O-])CN(C)CC2OC(=O)c2ccco2)s1. The zero-order valence-corrected chi connectivity index (χ0v) is 15.1. The van der Waals surface area contributed by atoms with E-state index in [0.717, 1.165) is 0 Å². The molecule has 136 valence electrons. The second kappa shape index (κ2) is 6.46. The molecular formula is C13H16N4O6S2. The topological polar surface area (TPSA) is 126 Å². The van der Waals surface area contributed by atoms with Crippen LogP contribution < -0.4 is 4.65 Å². The molecule has 3 heterocycles. The highest BCUT2D eigenvalue weighted by Gasteiger charge is 2.46. The zero-order chi connectivity index (χ0) is 18.2. The summed E-state index contributed by atoms with van der Waals surface area (Å²) in [6.07, 6.45) is 0.219. The van der Waals surface area contributed by atoms with E-state index < -0.39 is 26.7 Å². The summed E-state index contributed by atoms with van der Waals surface area (Å²) in [5.74, 6) is -0.931. The van der Waals surface area contributed by atoms with Crippen molar-refractivity contribution >= 4 is 32.3 Å². The predicted octanol–water partition coefficient (Wildman–Crippen LogP) is 0.816. The van der Waals surface area contributed by atoms with Crippen molar-refractivity contribution in [3.05, 3.63) is 29.4 Å². The molecule has 0 saturated carbocycles. The molecule has 1 saturated heterocycles. The largest absolute Gasteiger partial charge is 0.622 e. The molecule has 0 amide bonds. The Morgan fingerprint density at radius 1 is 1.56 bits per heavy atom. The third-order valence-corrected chi connectivity index (χ3v) is 6.93. The van der Waals surface area contributed by atoms with E-state index in [0.29, 0.717) is 11.3 Å². The van der Waals surface area contributed by atoms with Crippen LogP contribution in [0.2, 0.25) is 0 Å². The molecule has 1 aliphatic heterocycles.